The molecule has 1 unspecified atom stereocenters. The summed E-state index contributed by atoms with van der Waals surface area (Å²) in [5, 5.41) is 0.585. The van der Waals surface area contributed by atoms with E-state index in [-0.39, 0.29) is 23.6 Å². The Morgan fingerprint density at radius 3 is 2.31 bits per heavy atom. The molecule has 6 rings (SSSR count). The zero-order valence-electron chi connectivity index (χ0n) is 21.3. The number of hydrogen-bond acceptors (Lipinski definition) is 5. The fraction of sp³-hybridized carbons (Fsp3) is 0.345. The highest BCUT2D eigenvalue weighted by atomic mass is 35.5. The number of likely N-dealkylation sites (tertiary alicyclic amines) is 1. The zero-order chi connectivity index (χ0) is 27.1. The van der Waals surface area contributed by atoms with Crippen molar-refractivity contribution in [3.05, 3.63) is 93.5 Å². The van der Waals surface area contributed by atoms with Crippen molar-refractivity contribution in [1.29, 1.82) is 0 Å². The average Bonchev–Trinajstić information content (AvgIpc) is 3.22. The van der Waals surface area contributed by atoms with E-state index in [0.29, 0.717) is 48.7 Å². The molecule has 3 aromatic carbocycles. The normalized spacial score (nSPS) is 21.1. The van der Waals surface area contributed by atoms with E-state index >= 15 is 0 Å². The highest BCUT2D eigenvalue weighted by Crippen LogP contribution is 2.50. The maximum absolute atomic E-state index is 13.2. The molecule has 0 spiro atoms. The van der Waals surface area contributed by atoms with Crippen molar-refractivity contribution in [2.24, 2.45) is 0 Å². The molecule has 3 aromatic rings. The molecular formula is C29H29Cl2N3O4S. The number of piperidine rings is 1. The summed E-state index contributed by atoms with van der Waals surface area (Å²) in [7, 11) is -3.70. The predicted octanol–water partition coefficient (Wildman–Crippen LogP) is 6.08. The van der Waals surface area contributed by atoms with E-state index in [9.17, 15) is 13.2 Å². The van der Waals surface area contributed by atoms with Gasteiger partial charge in [-0.3, -0.25) is 0 Å². The summed E-state index contributed by atoms with van der Waals surface area (Å²) in [5.41, 5.74) is 4.49. The molecule has 2 atom stereocenters. The van der Waals surface area contributed by atoms with Gasteiger partial charge in [0.05, 0.1) is 10.9 Å². The van der Waals surface area contributed by atoms with Crippen LogP contribution >= 0.6 is 23.2 Å². The number of carbonyl (C=O) groups excluding carboxylic acids is 1. The first kappa shape index (κ1) is 26.4. The van der Waals surface area contributed by atoms with E-state index in [1.807, 2.05) is 35.2 Å². The van der Waals surface area contributed by atoms with Gasteiger partial charge in [0.2, 0.25) is 10.0 Å². The van der Waals surface area contributed by atoms with Crippen molar-refractivity contribution in [3.63, 3.8) is 0 Å². The number of amides is 1. The average molecular weight is 587 g/mol. The first-order chi connectivity index (χ1) is 18.8. The van der Waals surface area contributed by atoms with E-state index < -0.39 is 10.0 Å². The molecule has 0 aromatic heterocycles. The maximum atomic E-state index is 13.2. The minimum atomic E-state index is -3.70. The Labute approximate surface area is 238 Å². The quantitative estimate of drug-likeness (QED) is 0.363. The van der Waals surface area contributed by atoms with Gasteiger partial charge in [-0.15, -0.1) is 0 Å². The molecule has 0 radical (unpaired) electrons. The molecule has 0 saturated carbocycles. The number of piperazine rings is 1. The molecule has 2 aliphatic heterocycles. The molecule has 3 aliphatic rings. The zero-order valence-corrected chi connectivity index (χ0v) is 23.6. The molecule has 2 fully saturated rings. The summed E-state index contributed by atoms with van der Waals surface area (Å²) in [6.07, 6.45) is 1.56. The second-order valence-electron chi connectivity index (χ2n) is 10.3. The van der Waals surface area contributed by atoms with Crippen LogP contribution in [0.5, 0.6) is 0 Å². The Bertz CT molecular complexity index is 1470. The minimum absolute atomic E-state index is 0.00350. The molecule has 2 bridgehead atoms. The van der Waals surface area contributed by atoms with E-state index in [1.54, 1.807) is 0 Å². The third-order valence-corrected chi connectivity index (χ3v) is 10.3. The Balaban J connectivity index is 1.14. The van der Waals surface area contributed by atoms with Crippen LogP contribution in [-0.4, -0.2) is 56.4 Å². The predicted molar refractivity (Wildman–Crippen MR) is 152 cm³/mol. The third-order valence-electron chi connectivity index (χ3n) is 7.99. The molecule has 2 saturated heterocycles. The van der Waals surface area contributed by atoms with Crippen molar-refractivity contribution in [2.45, 2.75) is 36.3 Å². The molecule has 10 heteroatoms. The number of ether oxygens (including phenoxy) is 1. The highest BCUT2D eigenvalue weighted by Gasteiger charge is 2.42. The number of nitrogens with zero attached hydrogens (tertiary/aromatic N) is 3. The second kappa shape index (κ2) is 10.7. The summed E-state index contributed by atoms with van der Waals surface area (Å²) in [6.45, 7) is 2.76. The summed E-state index contributed by atoms with van der Waals surface area (Å²) in [6, 6.07) is 20.6. The van der Waals surface area contributed by atoms with Gasteiger partial charge in [0.15, 0.2) is 0 Å². The van der Waals surface area contributed by atoms with Crippen LogP contribution < -0.4 is 4.90 Å². The van der Waals surface area contributed by atoms with Crippen molar-refractivity contribution < 1.29 is 17.9 Å². The molecule has 7 nitrogen and oxygen atoms in total. The Kier molecular flexibility index (Phi) is 7.22. The first-order valence-electron chi connectivity index (χ1n) is 13.1. The monoisotopic (exact) mass is 585 g/mol. The van der Waals surface area contributed by atoms with E-state index in [2.05, 4.69) is 23.1 Å². The van der Waals surface area contributed by atoms with Crippen molar-refractivity contribution in [3.8, 4) is 0 Å². The maximum Gasteiger partial charge on any atom is 0.410 e. The molecular weight excluding hydrogens is 557 g/mol. The Hall–Kier alpha value is -2.78. The number of rotatable bonds is 5. The van der Waals surface area contributed by atoms with E-state index in [4.69, 9.17) is 27.9 Å². The van der Waals surface area contributed by atoms with Crippen molar-refractivity contribution in [2.75, 3.05) is 37.6 Å². The van der Waals surface area contributed by atoms with Crippen LogP contribution in [0.15, 0.2) is 71.6 Å². The molecule has 39 heavy (non-hydrogen) atoms. The lowest BCUT2D eigenvalue weighted by atomic mass is 9.96. The number of hydrogen-bond donors (Lipinski definition) is 0. The van der Waals surface area contributed by atoms with Gasteiger partial charge in [-0.25, -0.2) is 13.2 Å². The number of benzene rings is 3. The van der Waals surface area contributed by atoms with Gasteiger partial charge in [-0.2, -0.15) is 4.31 Å². The van der Waals surface area contributed by atoms with Gasteiger partial charge in [0.25, 0.3) is 0 Å². The SMILES string of the molecule is O=C(OCc1ccccc1)N1CCC2C[C@@H]1c1cc(N3CCN(S(=O)(=O)c4cc(Cl)cc(Cl)c4)CC3)ccc12. The van der Waals surface area contributed by atoms with Crippen LogP contribution in [0.2, 0.25) is 10.0 Å². The van der Waals surface area contributed by atoms with Gasteiger partial charge in [-0.05, 0) is 65.8 Å². The smallest absolute Gasteiger partial charge is 0.410 e. The standard InChI is InChI=1S/C29H29Cl2N3O4S/c30-22-15-23(31)17-25(16-22)39(36,37)33-12-10-32(11-13-33)24-6-7-26-21-8-9-34(28(14-21)27(26)18-24)29(35)38-19-20-4-2-1-3-5-20/h1-7,15-18,21,28H,8-14,19H2/t21?,28-/m1/s1. The summed E-state index contributed by atoms with van der Waals surface area (Å²) < 4.78 is 33.6. The van der Waals surface area contributed by atoms with Crippen LogP contribution in [0.4, 0.5) is 10.5 Å². The van der Waals surface area contributed by atoms with E-state index in [0.717, 1.165) is 24.1 Å². The lowest BCUT2D eigenvalue weighted by Crippen LogP contribution is -2.48. The number of sulfonamides is 1. The van der Waals surface area contributed by atoms with Crippen LogP contribution in [0.25, 0.3) is 0 Å². The molecule has 1 aliphatic carbocycles. The van der Waals surface area contributed by atoms with Gasteiger partial charge in [-0.1, -0.05) is 59.6 Å². The van der Waals surface area contributed by atoms with Gasteiger partial charge >= 0.3 is 6.09 Å². The summed E-state index contributed by atoms with van der Waals surface area (Å²) in [5.74, 6) is 0.448. The lowest BCUT2D eigenvalue weighted by Gasteiger charge is -2.36. The van der Waals surface area contributed by atoms with Crippen LogP contribution in [0.1, 0.15) is 41.5 Å². The number of fused-ring (bicyclic) bond motifs is 5. The van der Waals surface area contributed by atoms with Gasteiger partial charge < -0.3 is 14.5 Å². The van der Waals surface area contributed by atoms with Crippen molar-refractivity contribution in [1.82, 2.24) is 9.21 Å². The summed E-state index contributed by atoms with van der Waals surface area (Å²) >= 11 is 12.1. The first-order valence-corrected chi connectivity index (χ1v) is 15.3. The van der Waals surface area contributed by atoms with Crippen LogP contribution in [-0.2, 0) is 21.4 Å². The lowest BCUT2D eigenvalue weighted by molar-refractivity contribution is 0.0694. The Morgan fingerprint density at radius 1 is 0.872 bits per heavy atom. The summed E-state index contributed by atoms with van der Waals surface area (Å²) in [4.78, 5) is 17.2. The largest absolute Gasteiger partial charge is 0.445 e. The number of anilines is 1. The molecule has 2 heterocycles. The van der Waals surface area contributed by atoms with Crippen molar-refractivity contribution >= 4 is 45.0 Å². The molecule has 0 N–H and O–H groups in total. The van der Waals surface area contributed by atoms with Crippen LogP contribution in [0.3, 0.4) is 0 Å². The molecule has 1 amide bonds. The Morgan fingerprint density at radius 2 is 1.59 bits per heavy atom. The third kappa shape index (κ3) is 5.23. The minimum Gasteiger partial charge on any atom is -0.445 e. The molecule has 204 valence electrons. The van der Waals surface area contributed by atoms with Crippen LogP contribution in [0, 0.1) is 0 Å². The highest BCUT2D eigenvalue weighted by molar-refractivity contribution is 7.89. The topological polar surface area (TPSA) is 70.2 Å². The second-order valence-corrected chi connectivity index (χ2v) is 13.1. The fourth-order valence-corrected chi connectivity index (χ4v) is 8.15. The van der Waals surface area contributed by atoms with Gasteiger partial charge in [0, 0.05) is 48.5 Å². The fourth-order valence-electron chi connectivity index (χ4n) is 6.00. The van der Waals surface area contributed by atoms with E-state index in [1.165, 1.54) is 33.6 Å². The van der Waals surface area contributed by atoms with Gasteiger partial charge in [0.1, 0.15) is 6.61 Å². The number of halogens is 2. The number of carbonyl (C=O) groups is 1.